The summed E-state index contributed by atoms with van der Waals surface area (Å²) < 4.78 is 5.35. The van der Waals surface area contributed by atoms with Crippen LogP contribution in [0.15, 0.2) is 34.9 Å². The summed E-state index contributed by atoms with van der Waals surface area (Å²) in [5.41, 5.74) is 1.86. The van der Waals surface area contributed by atoms with Gasteiger partial charge in [0.1, 0.15) is 5.58 Å². The maximum absolute atomic E-state index is 12.1. The van der Waals surface area contributed by atoms with Gasteiger partial charge >= 0.3 is 0 Å². The predicted molar refractivity (Wildman–Crippen MR) is 81.2 cm³/mol. The molecule has 1 saturated heterocycles. The largest absolute Gasteiger partial charge is 0.464 e. The van der Waals surface area contributed by atoms with Crippen LogP contribution in [0.25, 0.3) is 11.0 Å². The normalized spacial score (nSPS) is 18.5. The van der Waals surface area contributed by atoms with Gasteiger partial charge in [-0.2, -0.15) is 0 Å². The molecule has 4 nitrogen and oxygen atoms in total. The van der Waals surface area contributed by atoms with Crippen LogP contribution in [0.2, 0.25) is 0 Å². The molecule has 1 atom stereocenters. The number of rotatable bonds is 3. The number of piperidine rings is 1. The van der Waals surface area contributed by atoms with Gasteiger partial charge in [0, 0.05) is 18.0 Å². The molecule has 2 heterocycles. The predicted octanol–water partition coefficient (Wildman–Crippen LogP) is 2.27. The highest BCUT2D eigenvalue weighted by Crippen LogP contribution is 2.20. The van der Waals surface area contributed by atoms with E-state index in [1.165, 1.54) is 0 Å². The van der Waals surface area contributed by atoms with Crippen LogP contribution in [0, 0.1) is 0 Å². The van der Waals surface area contributed by atoms with Crippen molar-refractivity contribution in [2.24, 2.45) is 0 Å². The van der Waals surface area contributed by atoms with Gasteiger partial charge in [0.15, 0.2) is 0 Å². The van der Waals surface area contributed by atoms with Crippen molar-refractivity contribution in [3.05, 3.63) is 36.1 Å². The lowest BCUT2D eigenvalue weighted by Gasteiger charge is -2.23. The molecule has 1 aromatic heterocycles. The molecule has 3 rings (SSSR count). The molecule has 0 spiro atoms. The number of hydrogen-bond acceptors (Lipinski definition) is 3. The van der Waals surface area contributed by atoms with Crippen LogP contribution >= 0.6 is 12.4 Å². The molecule has 0 bridgehead atoms. The zero-order valence-electron chi connectivity index (χ0n) is 11.2. The van der Waals surface area contributed by atoms with Crippen LogP contribution in [0.3, 0.4) is 0 Å². The van der Waals surface area contributed by atoms with Crippen molar-refractivity contribution in [1.82, 2.24) is 10.6 Å². The fourth-order valence-corrected chi connectivity index (χ4v) is 2.64. The lowest BCUT2D eigenvalue weighted by atomic mass is 10.0. The molecule has 1 fully saturated rings. The van der Waals surface area contributed by atoms with Crippen molar-refractivity contribution in [2.45, 2.75) is 25.3 Å². The summed E-state index contributed by atoms with van der Waals surface area (Å²) in [5.74, 6) is 0.0856. The smallest absolute Gasteiger partial charge is 0.224 e. The molecule has 1 aliphatic rings. The summed E-state index contributed by atoms with van der Waals surface area (Å²) >= 11 is 0. The molecule has 0 saturated carbocycles. The zero-order valence-corrected chi connectivity index (χ0v) is 12.0. The monoisotopic (exact) mass is 294 g/mol. The van der Waals surface area contributed by atoms with Gasteiger partial charge in [-0.25, -0.2) is 0 Å². The van der Waals surface area contributed by atoms with Crippen molar-refractivity contribution < 1.29 is 9.21 Å². The second-order valence-electron chi connectivity index (χ2n) is 5.04. The van der Waals surface area contributed by atoms with Crippen LogP contribution < -0.4 is 10.6 Å². The highest BCUT2D eigenvalue weighted by Gasteiger charge is 2.16. The Labute approximate surface area is 124 Å². The lowest BCUT2D eigenvalue weighted by Crippen LogP contribution is -2.46. The summed E-state index contributed by atoms with van der Waals surface area (Å²) in [6.07, 6.45) is 4.27. The van der Waals surface area contributed by atoms with Crippen molar-refractivity contribution in [2.75, 3.05) is 13.1 Å². The number of carbonyl (C=O) groups excluding carboxylic acids is 1. The number of amides is 1. The van der Waals surface area contributed by atoms with Crippen molar-refractivity contribution in [3.63, 3.8) is 0 Å². The van der Waals surface area contributed by atoms with Crippen LogP contribution in [0.5, 0.6) is 0 Å². The molecule has 0 aliphatic carbocycles. The molecular weight excluding hydrogens is 276 g/mol. The van der Waals surface area contributed by atoms with E-state index in [4.69, 9.17) is 4.42 Å². The van der Waals surface area contributed by atoms with Crippen LogP contribution in [-0.2, 0) is 11.2 Å². The number of carbonyl (C=O) groups is 1. The summed E-state index contributed by atoms with van der Waals surface area (Å²) in [5, 5.41) is 7.42. The Balaban J connectivity index is 0.00000147. The third-order valence-electron chi connectivity index (χ3n) is 3.60. The first kappa shape index (κ1) is 14.9. The Kier molecular flexibility index (Phi) is 5.04. The third kappa shape index (κ3) is 3.32. The summed E-state index contributed by atoms with van der Waals surface area (Å²) in [6.45, 7) is 1.93. The molecule has 1 amide bonds. The summed E-state index contributed by atoms with van der Waals surface area (Å²) in [6, 6.07) is 8.01. The SMILES string of the molecule is Cl.O=C(Cc1cccc2occc12)NC1CCCNC1. The van der Waals surface area contributed by atoms with Crippen LogP contribution in [0.4, 0.5) is 0 Å². The van der Waals surface area contributed by atoms with Gasteiger partial charge in [-0.15, -0.1) is 12.4 Å². The van der Waals surface area contributed by atoms with Gasteiger partial charge in [-0.3, -0.25) is 4.79 Å². The number of furan rings is 1. The molecule has 1 aromatic carbocycles. The quantitative estimate of drug-likeness (QED) is 0.913. The number of halogens is 1. The minimum absolute atomic E-state index is 0. The molecule has 1 aliphatic heterocycles. The van der Waals surface area contributed by atoms with Crippen LogP contribution in [0.1, 0.15) is 18.4 Å². The molecule has 0 radical (unpaired) electrons. The number of nitrogens with one attached hydrogen (secondary N) is 2. The first-order chi connectivity index (χ1) is 9.33. The molecule has 108 valence electrons. The maximum Gasteiger partial charge on any atom is 0.224 e. The van der Waals surface area contributed by atoms with E-state index in [2.05, 4.69) is 10.6 Å². The second kappa shape index (κ2) is 6.77. The van der Waals surface area contributed by atoms with Crippen molar-refractivity contribution >= 4 is 29.3 Å². The third-order valence-corrected chi connectivity index (χ3v) is 3.60. The highest BCUT2D eigenvalue weighted by molar-refractivity contribution is 5.87. The standard InChI is InChI=1S/C15H18N2O2.ClH/c18-15(17-12-4-2-7-16-10-12)9-11-3-1-5-14-13(11)6-8-19-14;/h1,3,5-6,8,12,16H,2,4,7,9-10H2,(H,17,18);1H. The van der Waals surface area contributed by atoms with Gasteiger partial charge in [-0.1, -0.05) is 12.1 Å². The van der Waals surface area contributed by atoms with E-state index in [1.807, 2.05) is 24.3 Å². The van der Waals surface area contributed by atoms with Crippen molar-refractivity contribution in [3.8, 4) is 0 Å². The van der Waals surface area contributed by atoms with E-state index in [0.717, 1.165) is 42.5 Å². The molecule has 1 unspecified atom stereocenters. The van der Waals surface area contributed by atoms with Gasteiger partial charge in [0.2, 0.25) is 5.91 Å². The summed E-state index contributed by atoms with van der Waals surface area (Å²) in [7, 11) is 0. The van der Waals surface area contributed by atoms with Gasteiger partial charge in [0.05, 0.1) is 12.7 Å². The van der Waals surface area contributed by atoms with E-state index < -0.39 is 0 Å². The molecule has 2 aromatic rings. The molecule has 2 N–H and O–H groups in total. The zero-order chi connectivity index (χ0) is 13.1. The second-order valence-corrected chi connectivity index (χ2v) is 5.04. The van der Waals surface area contributed by atoms with Gasteiger partial charge < -0.3 is 15.1 Å². The van der Waals surface area contributed by atoms with Gasteiger partial charge in [0.25, 0.3) is 0 Å². The molecule has 5 heteroatoms. The van der Waals surface area contributed by atoms with Gasteiger partial charge in [-0.05, 0) is 37.1 Å². The fourth-order valence-electron chi connectivity index (χ4n) is 2.64. The Bertz CT molecular complexity index is 576. The number of fused-ring (bicyclic) bond motifs is 1. The number of benzene rings is 1. The van der Waals surface area contributed by atoms with Crippen LogP contribution in [-0.4, -0.2) is 25.0 Å². The molecular formula is C15H19ClN2O2. The highest BCUT2D eigenvalue weighted by atomic mass is 35.5. The Hall–Kier alpha value is -1.52. The average molecular weight is 295 g/mol. The first-order valence-corrected chi connectivity index (χ1v) is 6.78. The topological polar surface area (TPSA) is 54.3 Å². The minimum atomic E-state index is 0. The Morgan fingerprint density at radius 1 is 1.40 bits per heavy atom. The minimum Gasteiger partial charge on any atom is -0.464 e. The summed E-state index contributed by atoms with van der Waals surface area (Å²) in [4.78, 5) is 12.1. The van der Waals surface area contributed by atoms with E-state index in [1.54, 1.807) is 6.26 Å². The maximum atomic E-state index is 12.1. The average Bonchev–Trinajstić information content (AvgIpc) is 2.89. The lowest BCUT2D eigenvalue weighted by molar-refractivity contribution is -0.121. The first-order valence-electron chi connectivity index (χ1n) is 6.78. The number of hydrogen-bond donors (Lipinski definition) is 2. The van der Waals surface area contributed by atoms with E-state index in [0.29, 0.717) is 6.42 Å². The molecule has 20 heavy (non-hydrogen) atoms. The Morgan fingerprint density at radius 3 is 3.10 bits per heavy atom. The van der Waals surface area contributed by atoms with Crippen molar-refractivity contribution in [1.29, 1.82) is 0 Å². The fraction of sp³-hybridized carbons (Fsp3) is 0.400. The Morgan fingerprint density at radius 2 is 2.30 bits per heavy atom. The van der Waals surface area contributed by atoms with E-state index in [9.17, 15) is 4.79 Å². The van der Waals surface area contributed by atoms with E-state index in [-0.39, 0.29) is 24.4 Å². The van der Waals surface area contributed by atoms with E-state index >= 15 is 0 Å².